The van der Waals surface area contributed by atoms with Crippen LogP contribution in [0.5, 0.6) is 0 Å². The molecule has 0 saturated carbocycles. The molecule has 8 aromatic carbocycles. The van der Waals surface area contributed by atoms with Gasteiger partial charge in [0, 0.05) is 35.2 Å². The Balaban J connectivity index is 0.000000287. The van der Waals surface area contributed by atoms with Crippen molar-refractivity contribution in [1.82, 2.24) is 4.57 Å². The highest BCUT2D eigenvalue weighted by Crippen LogP contribution is 2.37. The fourth-order valence-corrected chi connectivity index (χ4v) is 7.33. The van der Waals surface area contributed by atoms with Crippen molar-refractivity contribution in [3.05, 3.63) is 181 Å². The predicted octanol–water partition coefficient (Wildman–Crippen LogP) is 12.3. The van der Waals surface area contributed by atoms with Gasteiger partial charge in [0.2, 0.25) is 0 Å². The fraction of sp³-hybridized carbons (Fsp3) is 0.0870. The highest BCUT2D eigenvalue weighted by molar-refractivity contribution is 6.10. The Labute approximate surface area is 282 Å². The number of para-hydroxylation sites is 2. The first-order valence-corrected chi connectivity index (χ1v) is 16.9. The number of rotatable bonds is 5. The normalized spacial score (nSPS) is 11.3. The number of benzene rings is 8. The third kappa shape index (κ3) is 5.26. The van der Waals surface area contributed by atoms with Gasteiger partial charge in [-0.15, -0.1) is 0 Å². The molecule has 2 nitrogen and oxygen atoms in total. The molecule has 0 N–H and O–H groups in total. The lowest BCUT2D eigenvalue weighted by Crippen LogP contribution is -2.22. The molecule has 0 amide bonds. The Morgan fingerprint density at radius 2 is 0.938 bits per heavy atom. The van der Waals surface area contributed by atoms with Gasteiger partial charge in [-0.2, -0.15) is 0 Å². The van der Waals surface area contributed by atoms with Crippen molar-refractivity contribution in [2.45, 2.75) is 20.4 Å². The second kappa shape index (κ2) is 12.7. The number of fused-ring (bicyclic) bond motifs is 6. The molecule has 48 heavy (non-hydrogen) atoms. The van der Waals surface area contributed by atoms with Crippen LogP contribution >= 0.6 is 0 Å². The van der Waals surface area contributed by atoms with E-state index in [1.807, 2.05) is 0 Å². The Morgan fingerprint density at radius 3 is 1.52 bits per heavy atom. The minimum absolute atomic E-state index is 0.862. The summed E-state index contributed by atoms with van der Waals surface area (Å²) in [7, 11) is 0. The van der Waals surface area contributed by atoms with Crippen molar-refractivity contribution in [1.29, 1.82) is 0 Å². The highest BCUT2D eigenvalue weighted by atomic mass is 15.1. The van der Waals surface area contributed by atoms with Crippen LogP contribution in [0.1, 0.15) is 18.1 Å². The van der Waals surface area contributed by atoms with E-state index < -0.39 is 0 Å². The third-order valence-corrected chi connectivity index (χ3v) is 9.74. The minimum atomic E-state index is 0.862. The van der Waals surface area contributed by atoms with E-state index in [2.05, 4.69) is 193 Å². The van der Waals surface area contributed by atoms with Gasteiger partial charge in [0.1, 0.15) is 0 Å². The van der Waals surface area contributed by atoms with Crippen molar-refractivity contribution in [3.63, 3.8) is 0 Å². The van der Waals surface area contributed by atoms with Crippen LogP contribution in [-0.2, 0) is 6.54 Å². The van der Waals surface area contributed by atoms with Crippen LogP contribution < -0.4 is 4.90 Å². The van der Waals surface area contributed by atoms with Crippen LogP contribution in [0.4, 0.5) is 5.69 Å². The van der Waals surface area contributed by atoms with Gasteiger partial charge in [-0.05, 0) is 93.7 Å². The number of aromatic nitrogens is 1. The largest absolute Gasteiger partial charge is 0.367 e. The zero-order valence-corrected chi connectivity index (χ0v) is 27.5. The summed E-state index contributed by atoms with van der Waals surface area (Å²) in [4.78, 5) is 2.51. The molecule has 0 bridgehead atoms. The minimum Gasteiger partial charge on any atom is -0.367 e. The Hall–Kier alpha value is -5.86. The third-order valence-electron chi connectivity index (χ3n) is 9.74. The van der Waals surface area contributed by atoms with Crippen LogP contribution in [0.3, 0.4) is 0 Å². The number of anilines is 1. The van der Waals surface area contributed by atoms with Crippen LogP contribution in [0.25, 0.3) is 59.8 Å². The molecular formula is C46H38N2. The first kappa shape index (κ1) is 29.5. The maximum Gasteiger partial charge on any atom is 0.0542 e. The second-order valence-electron chi connectivity index (χ2n) is 12.4. The number of nitrogens with zero attached hydrogens (tertiary/aromatic N) is 2. The second-order valence-corrected chi connectivity index (χ2v) is 12.4. The molecule has 9 rings (SSSR count). The topological polar surface area (TPSA) is 8.17 Å². The zero-order chi connectivity index (χ0) is 32.5. The quantitative estimate of drug-likeness (QED) is 0.174. The molecule has 2 heteroatoms. The smallest absolute Gasteiger partial charge is 0.0542 e. The van der Waals surface area contributed by atoms with Crippen molar-refractivity contribution >= 4 is 59.8 Å². The van der Waals surface area contributed by atoms with E-state index in [4.69, 9.17) is 0 Å². The van der Waals surface area contributed by atoms with Crippen molar-refractivity contribution in [2.75, 3.05) is 11.4 Å². The van der Waals surface area contributed by atoms with Crippen LogP contribution in [0.2, 0.25) is 0 Å². The summed E-state index contributed by atoms with van der Waals surface area (Å²) < 4.78 is 2.38. The van der Waals surface area contributed by atoms with E-state index in [9.17, 15) is 0 Å². The average Bonchev–Trinajstić information content (AvgIpc) is 3.49. The first-order valence-electron chi connectivity index (χ1n) is 16.9. The summed E-state index contributed by atoms with van der Waals surface area (Å²) in [5, 5.41) is 10.6. The maximum absolute atomic E-state index is 2.51. The van der Waals surface area contributed by atoms with Gasteiger partial charge in [0.25, 0.3) is 0 Å². The van der Waals surface area contributed by atoms with E-state index in [1.165, 1.54) is 76.6 Å². The molecule has 0 aliphatic carbocycles. The molecule has 0 radical (unpaired) electrons. The van der Waals surface area contributed by atoms with Gasteiger partial charge in [-0.1, -0.05) is 133 Å². The van der Waals surface area contributed by atoms with Crippen molar-refractivity contribution in [3.8, 4) is 5.69 Å². The summed E-state index contributed by atoms with van der Waals surface area (Å²) in [5.74, 6) is 0. The van der Waals surface area contributed by atoms with Gasteiger partial charge in [0.15, 0.2) is 0 Å². The van der Waals surface area contributed by atoms with Gasteiger partial charge >= 0.3 is 0 Å². The molecule has 0 aliphatic rings. The van der Waals surface area contributed by atoms with Gasteiger partial charge < -0.3 is 9.47 Å². The van der Waals surface area contributed by atoms with Gasteiger partial charge in [-0.3, -0.25) is 0 Å². The molecule has 1 aromatic heterocycles. The first-order chi connectivity index (χ1) is 23.7. The molecule has 0 fully saturated rings. The molecule has 1 heterocycles. The van der Waals surface area contributed by atoms with Gasteiger partial charge in [-0.25, -0.2) is 0 Å². The van der Waals surface area contributed by atoms with E-state index >= 15 is 0 Å². The maximum atomic E-state index is 2.51. The lowest BCUT2D eigenvalue weighted by Gasteiger charge is -2.26. The molecule has 232 valence electrons. The standard InChI is InChI=1S/C36H30N2.C10H8/c1-3-37(24-34-30-17-9-7-15-28(30)25(2)29-16-8-10-18-31(29)34)27-21-22-36-33(23-27)32-19-11-12-20-35(32)38(36)26-13-5-4-6-14-26;1-2-6-10-8-4-3-7-9(10)5-1/h4-23H,3,24H2,1-2H3;1-8H. The van der Waals surface area contributed by atoms with Crippen LogP contribution in [0.15, 0.2) is 170 Å². The SMILES string of the molecule is CCN(Cc1c2ccccc2c(C)c2ccccc12)c1ccc2c(c1)c1ccccc1n2-c1ccccc1.c1ccc2ccccc2c1. The summed E-state index contributed by atoms with van der Waals surface area (Å²) in [6.07, 6.45) is 0. The van der Waals surface area contributed by atoms with Crippen molar-refractivity contribution < 1.29 is 0 Å². The summed E-state index contributed by atoms with van der Waals surface area (Å²) in [5.41, 5.74) is 7.68. The summed E-state index contributed by atoms with van der Waals surface area (Å²) >= 11 is 0. The zero-order valence-electron chi connectivity index (χ0n) is 27.5. The predicted molar refractivity (Wildman–Crippen MR) is 208 cm³/mol. The summed E-state index contributed by atoms with van der Waals surface area (Å²) in [6.45, 7) is 6.30. The van der Waals surface area contributed by atoms with Crippen LogP contribution in [-0.4, -0.2) is 11.1 Å². The molecule has 0 saturated heterocycles. The van der Waals surface area contributed by atoms with Gasteiger partial charge in [0.05, 0.1) is 11.0 Å². The summed E-state index contributed by atoms with van der Waals surface area (Å²) in [6, 6.07) is 60.9. The molecule has 9 aromatic rings. The highest BCUT2D eigenvalue weighted by Gasteiger charge is 2.17. The molecule has 0 unspecified atom stereocenters. The lowest BCUT2D eigenvalue weighted by molar-refractivity contribution is 0.841. The monoisotopic (exact) mass is 618 g/mol. The fourth-order valence-electron chi connectivity index (χ4n) is 7.33. The van der Waals surface area contributed by atoms with E-state index in [-0.39, 0.29) is 0 Å². The molecule has 0 aliphatic heterocycles. The molecule has 0 atom stereocenters. The number of hydrogen-bond acceptors (Lipinski definition) is 1. The molecular weight excluding hydrogens is 581 g/mol. The van der Waals surface area contributed by atoms with E-state index in [1.54, 1.807) is 0 Å². The Kier molecular flexibility index (Phi) is 7.84. The Bertz CT molecular complexity index is 2420. The van der Waals surface area contributed by atoms with E-state index in [0.717, 1.165) is 13.1 Å². The number of aryl methyl sites for hydroxylation is 1. The van der Waals surface area contributed by atoms with E-state index in [0.29, 0.717) is 0 Å². The van der Waals surface area contributed by atoms with Crippen molar-refractivity contribution in [2.24, 2.45) is 0 Å². The number of hydrogen-bond donors (Lipinski definition) is 0. The lowest BCUT2D eigenvalue weighted by atomic mass is 9.92. The molecule has 0 spiro atoms. The van der Waals surface area contributed by atoms with Crippen LogP contribution in [0, 0.1) is 6.92 Å². The Morgan fingerprint density at radius 1 is 0.458 bits per heavy atom. The average molecular weight is 619 g/mol.